The molecule has 0 unspecified atom stereocenters. The first-order valence-corrected chi connectivity index (χ1v) is 11.5. The highest BCUT2D eigenvalue weighted by atomic mass is 32.2. The molecule has 0 spiro atoms. The molecule has 8 nitrogen and oxygen atoms in total. The van der Waals surface area contributed by atoms with Gasteiger partial charge in [-0.2, -0.15) is 0 Å². The van der Waals surface area contributed by atoms with Crippen LogP contribution in [-0.2, 0) is 25.6 Å². The molecule has 2 aliphatic rings. The number of amides is 3. The predicted molar refractivity (Wildman–Crippen MR) is 125 cm³/mol. The summed E-state index contributed by atoms with van der Waals surface area (Å²) in [5.74, 6) is -0.939. The number of nitrogens with zero attached hydrogens (tertiary/aromatic N) is 1. The molecule has 0 aliphatic carbocycles. The van der Waals surface area contributed by atoms with Crippen LogP contribution < -0.4 is 15.4 Å². The second-order valence-corrected chi connectivity index (χ2v) is 10.4. The minimum Gasteiger partial charge on any atom is -0.425 e. The molecule has 2 heterocycles. The molecule has 9 heteroatoms. The van der Waals surface area contributed by atoms with Crippen molar-refractivity contribution >= 4 is 41.1 Å². The lowest BCUT2D eigenvalue weighted by molar-refractivity contribution is -0.159. The van der Waals surface area contributed by atoms with E-state index < -0.39 is 22.8 Å². The van der Waals surface area contributed by atoms with Gasteiger partial charge in [-0.1, -0.05) is 30.3 Å². The summed E-state index contributed by atoms with van der Waals surface area (Å²) in [5, 5.41) is 5.14. The van der Waals surface area contributed by atoms with Gasteiger partial charge in [0.25, 0.3) is 0 Å². The average Bonchev–Trinajstić information content (AvgIpc) is 3.01. The molecular weight excluding hydrogens is 442 g/mol. The van der Waals surface area contributed by atoms with E-state index in [1.165, 1.54) is 23.6 Å². The summed E-state index contributed by atoms with van der Waals surface area (Å²) >= 11 is 1.48. The molecule has 2 saturated heterocycles. The number of β-lactam (4-membered cyclic amide) rings is 1. The smallest absolute Gasteiger partial charge is 0.335 e. The van der Waals surface area contributed by atoms with Crippen molar-refractivity contribution in [2.24, 2.45) is 0 Å². The number of carbonyl (C=O) groups excluding carboxylic acids is 4. The standard InChI is InChI=1S/C24H25N3O5S/c1-14(28)25-16-9-11-17(12-10-16)32-23(31)20-24(2,3)33-22-19(21(30)27(20)22)26-18(29)13-15-7-5-4-6-8-15/h4-12,19-20,22H,13H2,1-3H3,(H,25,28)(H,26,29)/t19-,20+,22-/m1/s1. The molecule has 0 aromatic heterocycles. The van der Waals surface area contributed by atoms with Crippen LogP contribution >= 0.6 is 11.8 Å². The van der Waals surface area contributed by atoms with E-state index in [-0.39, 0.29) is 29.5 Å². The Bertz CT molecular complexity index is 1090. The number of nitrogens with one attached hydrogen (secondary N) is 2. The van der Waals surface area contributed by atoms with Gasteiger partial charge in [0.15, 0.2) is 0 Å². The molecule has 0 radical (unpaired) electrons. The zero-order valence-electron chi connectivity index (χ0n) is 18.5. The Morgan fingerprint density at radius 1 is 1.06 bits per heavy atom. The van der Waals surface area contributed by atoms with Gasteiger partial charge in [-0.3, -0.25) is 14.4 Å². The lowest BCUT2D eigenvalue weighted by Gasteiger charge is -2.43. The zero-order valence-corrected chi connectivity index (χ0v) is 19.3. The first-order valence-electron chi connectivity index (χ1n) is 10.6. The van der Waals surface area contributed by atoms with Crippen LogP contribution in [0.3, 0.4) is 0 Å². The first kappa shape index (κ1) is 22.8. The second-order valence-electron chi connectivity index (χ2n) is 8.59. The van der Waals surface area contributed by atoms with Crippen LogP contribution in [0.2, 0.25) is 0 Å². The predicted octanol–water partition coefficient (Wildman–Crippen LogP) is 2.34. The van der Waals surface area contributed by atoms with E-state index in [1.54, 1.807) is 24.3 Å². The van der Waals surface area contributed by atoms with Crippen LogP contribution in [0.5, 0.6) is 5.75 Å². The lowest BCUT2D eigenvalue weighted by Crippen LogP contribution is -2.71. The minimum atomic E-state index is -0.780. The topological polar surface area (TPSA) is 105 Å². The molecular formula is C24H25N3O5S. The van der Waals surface area contributed by atoms with Crippen LogP contribution in [0.4, 0.5) is 5.69 Å². The molecule has 2 aliphatic heterocycles. The number of thioether (sulfide) groups is 1. The number of benzene rings is 2. The van der Waals surface area contributed by atoms with Crippen LogP contribution in [0, 0.1) is 0 Å². The highest BCUT2D eigenvalue weighted by Crippen LogP contribution is 2.51. The van der Waals surface area contributed by atoms with Crippen LogP contribution in [0.15, 0.2) is 54.6 Å². The monoisotopic (exact) mass is 467 g/mol. The zero-order chi connectivity index (χ0) is 23.8. The van der Waals surface area contributed by atoms with E-state index in [0.29, 0.717) is 11.4 Å². The Balaban J connectivity index is 1.40. The van der Waals surface area contributed by atoms with Crippen LogP contribution in [0.1, 0.15) is 26.3 Å². The van der Waals surface area contributed by atoms with E-state index in [0.717, 1.165) is 5.56 Å². The fourth-order valence-corrected chi connectivity index (χ4v) is 5.73. The number of hydrogen-bond donors (Lipinski definition) is 2. The minimum absolute atomic E-state index is 0.186. The maximum Gasteiger partial charge on any atom is 0.335 e. The van der Waals surface area contributed by atoms with E-state index in [4.69, 9.17) is 4.74 Å². The molecule has 2 aromatic rings. The molecule has 2 fully saturated rings. The van der Waals surface area contributed by atoms with Crippen molar-refractivity contribution in [1.29, 1.82) is 0 Å². The fraction of sp³-hybridized carbons (Fsp3) is 0.333. The molecule has 172 valence electrons. The summed E-state index contributed by atoms with van der Waals surface area (Å²) < 4.78 is 4.95. The SMILES string of the molecule is CC(=O)Nc1ccc(OC(=O)[C@@H]2N3C(=O)[C@@H](NC(=O)Cc4ccccc4)[C@H]3SC2(C)C)cc1. The van der Waals surface area contributed by atoms with Crippen LogP contribution in [0.25, 0.3) is 0 Å². The lowest BCUT2D eigenvalue weighted by atomic mass is 9.95. The highest BCUT2D eigenvalue weighted by molar-refractivity contribution is 8.01. The van der Waals surface area contributed by atoms with Gasteiger partial charge >= 0.3 is 5.97 Å². The summed E-state index contributed by atoms with van der Waals surface area (Å²) in [7, 11) is 0. The summed E-state index contributed by atoms with van der Waals surface area (Å²) in [6.07, 6.45) is 0.186. The maximum atomic E-state index is 13.0. The number of ether oxygens (including phenoxy) is 1. The van der Waals surface area contributed by atoms with Crippen molar-refractivity contribution in [3.8, 4) is 5.75 Å². The largest absolute Gasteiger partial charge is 0.425 e. The molecule has 33 heavy (non-hydrogen) atoms. The number of rotatable bonds is 6. The van der Waals surface area contributed by atoms with Gasteiger partial charge in [0.2, 0.25) is 17.7 Å². The van der Waals surface area contributed by atoms with Crippen molar-refractivity contribution in [2.45, 2.75) is 49.4 Å². The van der Waals surface area contributed by atoms with Gasteiger partial charge in [-0.25, -0.2) is 4.79 Å². The molecule has 2 N–H and O–H groups in total. The highest BCUT2D eigenvalue weighted by Gasteiger charge is 2.64. The Kier molecular flexibility index (Phi) is 6.16. The van der Waals surface area contributed by atoms with Crippen molar-refractivity contribution in [3.63, 3.8) is 0 Å². The normalized spacial score (nSPS) is 22.7. The molecule has 0 saturated carbocycles. The van der Waals surface area contributed by atoms with Crippen molar-refractivity contribution in [2.75, 3.05) is 5.32 Å². The third-order valence-corrected chi connectivity index (χ3v) is 7.15. The van der Waals surface area contributed by atoms with Gasteiger partial charge in [-0.15, -0.1) is 11.8 Å². The summed E-state index contributed by atoms with van der Waals surface area (Å²) in [6, 6.07) is 14.3. The summed E-state index contributed by atoms with van der Waals surface area (Å²) in [6.45, 7) is 5.18. The molecule has 3 atom stereocenters. The van der Waals surface area contributed by atoms with Crippen molar-refractivity contribution < 1.29 is 23.9 Å². The Morgan fingerprint density at radius 2 is 1.73 bits per heavy atom. The quantitative estimate of drug-likeness (QED) is 0.384. The number of hydrogen-bond acceptors (Lipinski definition) is 6. The molecule has 4 rings (SSSR count). The van der Waals surface area contributed by atoms with Crippen molar-refractivity contribution in [1.82, 2.24) is 10.2 Å². The van der Waals surface area contributed by atoms with Crippen molar-refractivity contribution in [3.05, 3.63) is 60.2 Å². The van der Waals surface area contributed by atoms with E-state index >= 15 is 0 Å². The summed E-state index contributed by atoms with van der Waals surface area (Å²) in [5.41, 5.74) is 1.45. The van der Waals surface area contributed by atoms with Crippen LogP contribution in [-0.4, -0.2) is 50.8 Å². The van der Waals surface area contributed by atoms with E-state index in [2.05, 4.69) is 10.6 Å². The summed E-state index contributed by atoms with van der Waals surface area (Å²) in [4.78, 5) is 51.0. The Hall–Kier alpha value is -3.33. The number of anilines is 1. The Labute approximate surface area is 196 Å². The van der Waals surface area contributed by atoms with E-state index in [1.807, 2.05) is 44.2 Å². The molecule has 3 amide bonds. The Morgan fingerprint density at radius 3 is 2.36 bits per heavy atom. The number of carbonyl (C=O) groups is 4. The number of fused-ring (bicyclic) bond motifs is 1. The van der Waals surface area contributed by atoms with Gasteiger partial charge in [0.1, 0.15) is 23.2 Å². The first-order chi connectivity index (χ1) is 15.7. The third-order valence-electron chi connectivity index (χ3n) is 5.58. The maximum absolute atomic E-state index is 13.0. The van der Waals surface area contributed by atoms with Gasteiger partial charge in [0.05, 0.1) is 6.42 Å². The number of esters is 1. The van der Waals surface area contributed by atoms with Gasteiger partial charge < -0.3 is 20.3 Å². The van der Waals surface area contributed by atoms with E-state index in [9.17, 15) is 19.2 Å². The van der Waals surface area contributed by atoms with Gasteiger partial charge in [-0.05, 0) is 43.7 Å². The fourth-order valence-electron chi connectivity index (χ4n) is 4.11. The third kappa shape index (κ3) is 4.73. The second kappa shape index (κ2) is 8.90. The molecule has 2 aromatic carbocycles. The average molecular weight is 468 g/mol. The molecule has 0 bridgehead atoms. The van der Waals surface area contributed by atoms with Gasteiger partial charge in [0, 0.05) is 17.4 Å².